The van der Waals surface area contributed by atoms with Crippen LogP contribution in [0.25, 0.3) is 0 Å². The maximum atomic E-state index is 12.1. The van der Waals surface area contributed by atoms with Gasteiger partial charge < -0.3 is 4.84 Å². The molecular weight excluding hydrogens is 250 g/mol. The Morgan fingerprint density at radius 3 is 2.25 bits per heavy atom. The standard InChI is InChI=1S/C17H17NO2/c1-13-16(15-10-6-3-7-11-15)17(19)20-18(13)12-14-8-4-2-5-9-14/h2-11,13,16H,12H2,1H3/t13-,16+/m0/s1. The predicted molar refractivity (Wildman–Crippen MR) is 76.7 cm³/mol. The summed E-state index contributed by atoms with van der Waals surface area (Å²) in [4.78, 5) is 17.6. The van der Waals surface area contributed by atoms with Crippen LogP contribution < -0.4 is 0 Å². The van der Waals surface area contributed by atoms with E-state index in [1.807, 2.05) is 67.6 Å². The second-order valence-electron chi connectivity index (χ2n) is 5.10. The number of carbonyl (C=O) groups is 1. The van der Waals surface area contributed by atoms with Crippen LogP contribution in [0.4, 0.5) is 0 Å². The lowest BCUT2D eigenvalue weighted by atomic mass is 9.93. The average molecular weight is 267 g/mol. The zero-order chi connectivity index (χ0) is 13.9. The molecule has 2 aromatic carbocycles. The first kappa shape index (κ1) is 12.9. The molecule has 2 atom stereocenters. The highest BCUT2D eigenvalue weighted by Crippen LogP contribution is 2.32. The van der Waals surface area contributed by atoms with E-state index in [1.54, 1.807) is 5.06 Å². The van der Waals surface area contributed by atoms with Gasteiger partial charge in [-0.25, -0.2) is 4.79 Å². The summed E-state index contributed by atoms with van der Waals surface area (Å²) in [5, 5.41) is 1.77. The number of carbonyl (C=O) groups excluding carboxylic acids is 1. The van der Waals surface area contributed by atoms with Gasteiger partial charge in [-0.3, -0.25) is 0 Å². The summed E-state index contributed by atoms with van der Waals surface area (Å²) in [6.45, 7) is 2.66. The molecule has 0 spiro atoms. The Kier molecular flexibility index (Phi) is 3.52. The van der Waals surface area contributed by atoms with Gasteiger partial charge in [-0.1, -0.05) is 60.7 Å². The van der Waals surface area contributed by atoms with E-state index >= 15 is 0 Å². The van der Waals surface area contributed by atoms with Gasteiger partial charge in [-0.2, -0.15) is 0 Å². The number of hydrogen-bond acceptors (Lipinski definition) is 3. The smallest absolute Gasteiger partial charge is 0.334 e. The summed E-state index contributed by atoms with van der Waals surface area (Å²) in [6, 6.07) is 19.9. The second kappa shape index (κ2) is 5.47. The van der Waals surface area contributed by atoms with Crippen LogP contribution in [0, 0.1) is 0 Å². The van der Waals surface area contributed by atoms with Gasteiger partial charge in [0.15, 0.2) is 0 Å². The van der Waals surface area contributed by atoms with E-state index in [1.165, 1.54) is 0 Å². The van der Waals surface area contributed by atoms with Crippen LogP contribution in [0.15, 0.2) is 60.7 Å². The van der Waals surface area contributed by atoms with Gasteiger partial charge in [0, 0.05) is 0 Å². The largest absolute Gasteiger partial charge is 0.367 e. The summed E-state index contributed by atoms with van der Waals surface area (Å²) in [5.41, 5.74) is 2.15. The van der Waals surface area contributed by atoms with Gasteiger partial charge in [-0.15, -0.1) is 5.06 Å². The van der Waals surface area contributed by atoms with Gasteiger partial charge in [0.1, 0.15) is 5.92 Å². The van der Waals surface area contributed by atoms with Crippen molar-refractivity contribution in [1.82, 2.24) is 5.06 Å². The minimum absolute atomic E-state index is 0.0325. The summed E-state index contributed by atoms with van der Waals surface area (Å²) < 4.78 is 0. The molecule has 3 heteroatoms. The molecule has 20 heavy (non-hydrogen) atoms. The summed E-state index contributed by atoms with van der Waals surface area (Å²) >= 11 is 0. The van der Waals surface area contributed by atoms with Crippen molar-refractivity contribution in [3.8, 4) is 0 Å². The van der Waals surface area contributed by atoms with Crippen LogP contribution in [0.2, 0.25) is 0 Å². The molecule has 0 aromatic heterocycles. The third-order valence-corrected chi connectivity index (χ3v) is 3.74. The first-order valence-electron chi connectivity index (χ1n) is 6.83. The summed E-state index contributed by atoms with van der Waals surface area (Å²) in [6.07, 6.45) is 0. The molecule has 3 rings (SSSR count). The van der Waals surface area contributed by atoms with Crippen LogP contribution >= 0.6 is 0 Å². The zero-order valence-electron chi connectivity index (χ0n) is 11.4. The molecule has 1 heterocycles. The van der Waals surface area contributed by atoms with E-state index in [-0.39, 0.29) is 17.9 Å². The van der Waals surface area contributed by atoms with Crippen LogP contribution in [-0.2, 0) is 16.2 Å². The monoisotopic (exact) mass is 267 g/mol. The number of hydroxylamine groups is 2. The van der Waals surface area contributed by atoms with Crippen LogP contribution in [-0.4, -0.2) is 17.1 Å². The molecule has 102 valence electrons. The maximum Gasteiger partial charge on any atom is 0.334 e. The van der Waals surface area contributed by atoms with Gasteiger partial charge in [0.2, 0.25) is 0 Å². The molecule has 0 saturated carbocycles. The normalized spacial score (nSPS) is 22.8. The van der Waals surface area contributed by atoms with Crippen LogP contribution in [0.1, 0.15) is 24.0 Å². The van der Waals surface area contributed by atoms with E-state index in [0.717, 1.165) is 11.1 Å². The van der Waals surface area contributed by atoms with E-state index < -0.39 is 0 Å². The molecule has 1 saturated heterocycles. The van der Waals surface area contributed by atoms with Crippen molar-refractivity contribution < 1.29 is 9.63 Å². The lowest BCUT2D eigenvalue weighted by Gasteiger charge is -2.19. The first-order chi connectivity index (χ1) is 9.75. The summed E-state index contributed by atoms with van der Waals surface area (Å²) in [5.74, 6) is -0.375. The van der Waals surface area contributed by atoms with Gasteiger partial charge in [-0.05, 0) is 18.1 Å². The molecular formula is C17H17NO2. The highest BCUT2D eigenvalue weighted by molar-refractivity contribution is 5.80. The molecule has 0 aliphatic carbocycles. The average Bonchev–Trinajstić information content (AvgIpc) is 2.75. The molecule has 1 aliphatic heterocycles. The van der Waals surface area contributed by atoms with Gasteiger partial charge in [0.05, 0.1) is 12.6 Å². The fourth-order valence-corrected chi connectivity index (χ4v) is 2.63. The van der Waals surface area contributed by atoms with Gasteiger partial charge >= 0.3 is 5.97 Å². The molecule has 0 amide bonds. The quantitative estimate of drug-likeness (QED) is 0.855. The summed E-state index contributed by atoms with van der Waals surface area (Å²) in [7, 11) is 0. The lowest BCUT2D eigenvalue weighted by Crippen LogP contribution is -2.28. The van der Waals surface area contributed by atoms with E-state index in [4.69, 9.17) is 4.84 Å². The molecule has 0 radical (unpaired) electrons. The van der Waals surface area contributed by atoms with Crippen molar-refractivity contribution >= 4 is 5.97 Å². The molecule has 1 aliphatic rings. The third-order valence-electron chi connectivity index (χ3n) is 3.74. The van der Waals surface area contributed by atoms with Crippen LogP contribution in [0.3, 0.4) is 0 Å². The number of benzene rings is 2. The van der Waals surface area contributed by atoms with Crippen molar-refractivity contribution in [2.24, 2.45) is 0 Å². The van der Waals surface area contributed by atoms with E-state index in [0.29, 0.717) is 6.54 Å². The van der Waals surface area contributed by atoms with Crippen molar-refractivity contribution in [3.05, 3.63) is 71.8 Å². The fourth-order valence-electron chi connectivity index (χ4n) is 2.63. The lowest BCUT2D eigenvalue weighted by molar-refractivity contribution is -0.177. The Morgan fingerprint density at radius 1 is 1.00 bits per heavy atom. The number of hydrogen-bond donors (Lipinski definition) is 0. The Bertz CT molecular complexity index is 582. The van der Waals surface area contributed by atoms with E-state index in [9.17, 15) is 4.79 Å². The number of nitrogens with zero attached hydrogens (tertiary/aromatic N) is 1. The maximum absolute atomic E-state index is 12.1. The molecule has 2 aromatic rings. The molecule has 0 bridgehead atoms. The molecule has 1 fully saturated rings. The van der Waals surface area contributed by atoms with Crippen molar-refractivity contribution in [2.45, 2.75) is 25.4 Å². The predicted octanol–water partition coefficient (Wildman–Crippen LogP) is 3.13. The molecule has 0 N–H and O–H groups in total. The molecule has 3 nitrogen and oxygen atoms in total. The highest BCUT2D eigenvalue weighted by atomic mass is 16.7. The second-order valence-corrected chi connectivity index (χ2v) is 5.10. The third kappa shape index (κ3) is 2.45. The zero-order valence-corrected chi connectivity index (χ0v) is 11.4. The minimum Gasteiger partial charge on any atom is -0.367 e. The SMILES string of the molecule is C[C@H]1[C@H](c2ccccc2)C(=O)ON1Cc1ccccc1. The number of rotatable bonds is 3. The topological polar surface area (TPSA) is 29.5 Å². The Hall–Kier alpha value is -2.13. The van der Waals surface area contributed by atoms with Crippen LogP contribution in [0.5, 0.6) is 0 Å². The Morgan fingerprint density at radius 2 is 1.60 bits per heavy atom. The van der Waals surface area contributed by atoms with E-state index in [2.05, 4.69) is 0 Å². The molecule has 0 unspecified atom stereocenters. The van der Waals surface area contributed by atoms with Crippen molar-refractivity contribution in [3.63, 3.8) is 0 Å². The fraction of sp³-hybridized carbons (Fsp3) is 0.235. The highest BCUT2D eigenvalue weighted by Gasteiger charge is 2.41. The Balaban J connectivity index is 1.79. The van der Waals surface area contributed by atoms with Crippen molar-refractivity contribution in [1.29, 1.82) is 0 Å². The Labute approximate surface area is 118 Å². The first-order valence-corrected chi connectivity index (χ1v) is 6.83. The van der Waals surface area contributed by atoms with Crippen molar-refractivity contribution in [2.75, 3.05) is 0 Å². The minimum atomic E-state index is -0.208. The van der Waals surface area contributed by atoms with Gasteiger partial charge in [0.25, 0.3) is 0 Å².